The quantitative estimate of drug-likeness (QED) is 0.179. The summed E-state index contributed by atoms with van der Waals surface area (Å²) in [4.78, 5) is 37.5. The van der Waals surface area contributed by atoms with E-state index in [2.05, 4.69) is 16.2 Å². The average Bonchev–Trinajstić information content (AvgIpc) is 2.83. The van der Waals surface area contributed by atoms with Crippen LogP contribution in [-0.4, -0.2) is 24.8 Å². The Balaban J connectivity index is 0.00000385. The van der Waals surface area contributed by atoms with Crippen LogP contribution in [0, 0.1) is 0 Å². The first-order chi connectivity index (χ1) is 15.5. The number of nitrogens with zero attached hydrogens (tertiary/aromatic N) is 1. The number of hydrazine groups is 1. The predicted octanol–water partition coefficient (Wildman–Crippen LogP) is 2.22. The largest absolute Gasteiger partial charge is 0.497 e. The van der Waals surface area contributed by atoms with Crippen molar-refractivity contribution in [1.82, 2.24) is 16.2 Å². The van der Waals surface area contributed by atoms with Gasteiger partial charge in [-0.05, 0) is 35.9 Å². The van der Waals surface area contributed by atoms with Crippen LogP contribution >= 0.6 is 24.0 Å². The topological polar surface area (TPSA) is 100 Å². The Hall–Kier alpha value is -3.73. The molecule has 3 rings (SSSR count). The Morgan fingerprint density at radius 2 is 1.61 bits per heavy atom. The molecule has 0 fully saturated rings. The lowest BCUT2D eigenvalue weighted by molar-refractivity contribution is -0.684. The minimum absolute atomic E-state index is 0. The Kier molecular flexibility index (Phi) is 10.0. The molecule has 0 spiro atoms. The molecule has 0 unspecified atom stereocenters. The number of nitrogens with one attached hydrogen (secondary N) is 3. The normalized spacial score (nSPS) is 10.4. The number of methoxy groups -OCH3 is 1. The van der Waals surface area contributed by atoms with E-state index in [0.717, 1.165) is 0 Å². The molecule has 3 aromatic rings. The van der Waals surface area contributed by atoms with E-state index in [-0.39, 0.29) is 36.2 Å². The van der Waals surface area contributed by atoms with Crippen molar-refractivity contribution < 1.29 is 23.7 Å². The summed E-state index contributed by atoms with van der Waals surface area (Å²) in [5.41, 5.74) is 5.68. The Labute approximate surface area is 208 Å². The average molecular weight is 559 g/mol. The Morgan fingerprint density at radius 1 is 0.909 bits per heavy atom. The van der Waals surface area contributed by atoms with Gasteiger partial charge in [-0.3, -0.25) is 25.2 Å². The lowest BCUT2D eigenvalue weighted by Crippen LogP contribution is -2.50. The van der Waals surface area contributed by atoms with Crippen molar-refractivity contribution >= 4 is 47.8 Å². The first kappa shape index (κ1) is 25.5. The predicted molar refractivity (Wildman–Crippen MR) is 133 cm³/mol. The number of carbonyl (C=O) groups is 3. The van der Waals surface area contributed by atoms with Crippen LogP contribution in [0.5, 0.6) is 5.75 Å². The monoisotopic (exact) mass is 559 g/mol. The summed E-state index contributed by atoms with van der Waals surface area (Å²) in [6.45, 7) is 0.0203. The first-order valence-corrected chi connectivity index (χ1v) is 9.80. The zero-order chi connectivity index (χ0) is 22.8. The number of aromatic nitrogens is 1. The van der Waals surface area contributed by atoms with Gasteiger partial charge < -0.3 is 10.1 Å². The number of benzene rings is 2. The summed E-state index contributed by atoms with van der Waals surface area (Å²) in [5.74, 6) is -0.963. The molecule has 170 valence electrons. The SMILES string of the molecule is COc1cccc(/C=C(/NC(=O)c2ccccc2)C(=O)NNC(=O)C[n+]2ccccc2)c1.I. The zero-order valence-corrected chi connectivity index (χ0v) is 20.2. The van der Waals surface area contributed by atoms with Gasteiger partial charge in [0.25, 0.3) is 11.8 Å². The fourth-order valence-corrected chi connectivity index (χ4v) is 2.78. The summed E-state index contributed by atoms with van der Waals surface area (Å²) in [6.07, 6.45) is 4.96. The van der Waals surface area contributed by atoms with E-state index in [1.165, 1.54) is 13.2 Å². The van der Waals surface area contributed by atoms with Crippen LogP contribution in [0.25, 0.3) is 6.08 Å². The van der Waals surface area contributed by atoms with Gasteiger partial charge in [-0.1, -0.05) is 36.4 Å². The fourth-order valence-electron chi connectivity index (χ4n) is 2.78. The number of carbonyl (C=O) groups excluding carboxylic acids is 3. The lowest BCUT2D eigenvalue weighted by Gasteiger charge is -2.12. The summed E-state index contributed by atoms with van der Waals surface area (Å²) in [5, 5.41) is 2.61. The summed E-state index contributed by atoms with van der Waals surface area (Å²) in [7, 11) is 1.54. The number of pyridine rings is 1. The molecule has 9 heteroatoms. The van der Waals surface area contributed by atoms with Gasteiger partial charge in [0, 0.05) is 17.7 Å². The molecule has 1 aromatic heterocycles. The van der Waals surface area contributed by atoms with E-state index < -0.39 is 17.7 Å². The highest BCUT2D eigenvalue weighted by Gasteiger charge is 2.16. The van der Waals surface area contributed by atoms with Crippen molar-refractivity contribution in [1.29, 1.82) is 0 Å². The second-order valence-electron chi connectivity index (χ2n) is 6.70. The second-order valence-corrected chi connectivity index (χ2v) is 6.70. The van der Waals surface area contributed by atoms with Crippen LogP contribution in [0.2, 0.25) is 0 Å². The number of hydrogen-bond acceptors (Lipinski definition) is 4. The van der Waals surface area contributed by atoms with Crippen LogP contribution in [-0.2, 0) is 16.1 Å². The zero-order valence-electron chi connectivity index (χ0n) is 17.9. The molecule has 0 atom stereocenters. The summed E-state index contributed by atoms with van der Waals surface area (Å²) < 4.78 is 6.86. The molecule has 3 N–H and O–H groups in total. The number of halogens is 1. The maximum atomic E-state index is 12.8. The molecule has 0 saturated carbocycles. The minimum atomic E-state index is -0.677. The van der Waals surface area contributed by atoms with Gasteiger partial charge >= 0.3 is 5.91 Å². The smallest absolute Gasteiger partial charge is 0.304 e. The number of amides is 3. The second kappa shape index (κ2) is 13.0. The maximum absolute atomic E-state index is 12.8. The van der Waals surface area contributed by atoms with Gasteiger partial charge in [-0.15, -0.1) is 24.0 Å². The molecule has 0 aliphatic rings. The number of hydrogen-bond donors (Lipinski definition) is 3. The van der Waals surface area contributed by atoms with E-state index in [1.807, 2.05) is 6.07 Å². The van der Waals surface area contributed by atoms with E-state index in [4.69, 9.17) is 4.74 Å². The van der Waals surface area contributed by atoms with Crippen LogP contribution in [0.3, 0.4) is 0 Å². The van der Waals surface area contributed by atoms with Crippen LogP contribution in [0.4, 0.5) is 0 Å². The van der Waals surface area contributed by atoms with Crippen molar-refractivity contribution in [3.63, 3.8) is 0 Å². The molecular formula is C24H24IN4O4+. The molecule has 0 bridgehead atoms. The van der Waals surface area contributed by atoms with E-state index in [9.17, 15) is 14.4 Å². The van der Waals surface area contributed by atoms with Gasteiger partial charge in [0.15, 0.2) is 12.4 Å². The molecule has 1 heterocycles. The van der Waals surface area contributed by atoms with Crippen molar-refractivity contribution in [2.45, 2.75) is 6.54 Å². The molecule has 33 heavy (non-hydrogen) atoms. The van der Waals surface area contributed by atoms with Crippen molar-refractivity contribution in [3.8, 4) is 5.75 Å². The molecule has 8 nitrogen and oxygen atoms in total. The molecule has 2 aromatic carbocycles. The third kappa shape index (κ3) is 8.04. The molecule has 0 radical (unpaired) electrons. The maximum Gasteiger partial charge on any atom is 0.304 e. The fraction of sp³-hybridized carbons (Fsp3) is 0.0833. The Bertz CT molecular complexity index is 1120. The van der Waals surface area contributed by atoms with Crippen LogP contribution in [0.1, 0.15) is 15.9 Å². The summed E-state index contributed by atoms with van der Waals surface area (Å²) >= 11 is 0. The minimum Gasteiger partial charge on any atom is -0.497 e. The van der Waals surface area contributed by atoms with Gasteiger partial charge in [-0.25, -0.2) is 0 Å². The van der Waals surface area contributed by atoms with Crippen LogP contribution < -0.4 is 25.5 Å². The number of ether oxygens (including phenoxy) is 1. The van der Waals surface area contributed by atoms with E-state index in [0.29, 0.717) is 16.9 Å². The molecule has 0 aliphatic carbocycles. The van der Waals surface area contributed by atoms with E-state index >= 15 is 0 Å². The standard InChI is InChI=1S/C24H22N4O4.HI/c1-32-20-12-8-9-18(15-20)16-21(25-23(30)19-10-4-2-5-11-19)24(31)27-26-22(29)17-28-13-6-3-7-14-28;/h2-16H,17H2,1H3,(H2-,25,26,27,29,30,31);1H/p+1/b21-16+;. The molecular weight excluding hydrogens is 535 g/mol. The summed E-state index contributed by atoms with van der Waals surface area (Å²) in [6, 6.07) is 20.9. The van der Waals surface area contributed by atoms with Gasteiger partial charge in [0.05, 0.1) is 7.11 Å². The first-order valence-electron chi connectivity index (χ1n) is 9.80. The third-order valence-corrected chi connectivity index (χ3v) is 4.35. The highest BCUT2D eigenvalue weighted by atomic mass is 127. The van der Waals surface area contributed by atoms with Crippen molar-refractivity contribution in [3.05, 3.63) is 102 Å². The van der Waals surface area contributed by atoms with Gasteiger partial charge in [0.2, 0.25) is 6.54 Å². The highest BCUT2D eigenvalue weighted by Crippen LogP contribution is 2.15. The van der Waals surface area contributed by atoms with E-state index in [1.54, 1.807) is 83.7 Å². The van der Waals surface area contributed by atoms with Crippen LogP contribution in [0.15, 0.2) is 90.9 Å². The van der Waals surface area contributed by atoms with Gasteiger partial charge in [0.1, 0.15) is 11.4 Å². The van der Waals surface area contributed by atoms with Gasteiger partial charge in [-0.2, -0.15) is 4.57 Å². The lowest BCUT2D eigenvalue weighted by atomic mass is 10.1. The molecule has 0 aliphatic heterocycles. The Morgan fingerprint density at radius 3 is 2.30 bits per heavy atom. The van der Waals surface area contributed by atoms with Crippen molar-refractivity contribution in [2.24, 2.45) is 0 Å². The van der Waals surface area contributed by atoms with Crippen molar-refractivity contribution in [2.75, 3.05) is 7.11 Å². The number of rotatable bonds is 7. The third-order valence-electron chi connectivity index (χ3n) is 4.35. The molecule has 0 saturated heterocycles. The highest BCUT2D eigenvalue weighted by molar-refractivity contribution is 14.0. The molecule has 3 amide bonds.